The first-order valence-corrected chi connectivity index (χ1v) is 8.00. The highest BCUT2D eigenvalue weighted by atomic mass is 79.9. The van der Waals surface area contributed by atoms with Gasteiger partial charge in [0.15, 0.2) is 0 Å². The summed E-state index contributed by atoms with van der Waals surface area (Å²) in [5, 5.41) is 0.333. The Morgan fingerprint density at radius 2 is 2.05 bits per heavy atom. The molecule has 0 saturated carbocycles. The summed E-state index contributed by atoms with van der Waals surface area (Å²) < 4.78 is 3.49. The van der Waals surface area contributed by atoms with Crippen molar-refractivity contribution in [2.45, 2.75) is 11.1 Å². The van der Waals surface area contributed by atoms with Crippen LogP contribution in [0.25, 0.3) is 11.0 Å². The van der Waals surface area contributed by atoms with E-state index >= 15 is 0 Å². The fourth-order valence-electron chi connectivity index (χ4n) is 2.59. The maximum atomic E-state index is 4.72. The summed E-state index contributed by atoms with van der Waals surface area (Å²) in [5.74, 6) is 2.16. The van der Waals surface area contributed by atoms with Crippen LogP contribution in [-0.4, -0.2) is 9.55 Å². The van der Waals surface area contributed by atoms with Gasteiger partial charge in [0.2, 0.25) is 0 Å². The molecule has 0 spiro atoms. The van der Waals surface area contributed by atoms with Crippen LogP contribution in [0.1, 0.15) is 16.8 Å². The lowest BCUT2D eigenvalue weighted by Gasteiger charge is -2.14. The van der Waals surface area contributed by atoms with Crippen LogP contribution in [0, 0.1) is 0 Å². The van der Waals surface area contributed by atoms with Crippen molar-refractivity contribution in [2.24, 2.45) is 0 Å². The molecule has 94 valence electrons. The molecule has 0 unspecified atom stereocenters. The van der Waals surface area contributed by atoms with Crippen molar-refractivity contribution in [2.75, 3.05) is 0 Å². The van der Waals surface area contributed by atoms with Gasteiger partial charge in [0.05, 0.1) is 16.8 Å². The minimum atomic E-state index is 0.333. The number of hydrogen-bond acceptors (Lipinski definition) is 2. The summed E-state index contributed by atoms with van der Waals surface area (Å²) in [6.45, 7) is 0. The number of thioether (sulfide) groups is 1. The molecule has 1 atom stereocenters. The Hall–Kier alpha value is -1.26. The zero-order valence-corrected chi connectivity index (χ0v) is 12.5. The Morgan fingerprint density at radius 1 is 1.16 bits per heavy atom. The van der Waals surface area contributed by atoms with E-state index in [0.29, 0.717) is 5.37 Å². The number of fused-ring (bicyclic) bond motifs is 3. The van der Waals surface area contributed by atoms with Gasteiger partial charge >= 0.3 is 0 Å². The largest absolute Gasteiger partial charge is 0.310 e. The molecule has 4 heteroatoms. The van der Waals surface area contributed by atoms with E-state index in [1.165, 1.54) is 16.9 Å². The maximum absolute atomic E-state index is 4.72. The second-order valence-corrected chi connectivity index (χ2v) is 6.59. The van der Waals surface area contributed by atoms with E-state index in [1.54, 1.807) is 0 Å². The molecule has 1 aliphatic rings. The Morgan fingerprint density at radius 3 is 2.95 bits per heavy atom. The summed E-state index contributed by atoms with van der Waals surface area (Å²) in [5.41, 5.74) is 3.64. The number of aromatic nitrogens is 2. The highest BCUT2D eigenvalue weighted by Gasteiger charge is 2.27. The van der Waals surface area contributed by atoms with Gasteiger partial charge < -0.3 is 4.57 Å². The first-order valence-electron chi connectivity index (χ1n) is 6.16. The van der Waals surface area contributed by atoms with Crippen molar-refractivity contribution < 1.29 is 0 Å². The van der Waals surface area contributed by atoms with E-state index in [2.05, 4.69) is 63.0 Å². The Kier molecular flexibility index (Phi) is 2.67. The Bertz CT molecular complexity index is 766. The summed E-state index contributed by atoms with van der Waals surface area (Å²) >= 11 is 5.49. The first-order chi connectivity index (χ1) is 9.33. The molecular formula is C15H11BrN2S. The van der Waals surface area contributed by atoms with Gasteiger partial charge in [0.1, 0.15) is 11.2 Å². The molecule has 2 aromatic carbocycles. The second kappa shape index (κ2) is 4.39. The van der Waals surface area contributed by atoms with E-state index in [0.717, 1.165) is 15.7 Å². The molecule has 3 aromatic rings. The number of benzene rings is 2. The molecule has 0 N–H and O–H groups in total. The molecular weight excluding hydrogens is 320 g/mol. The summed E-state index contributed by atoms with van der Waals surface area (Å²) in [6.07, 6.45) is 0. The molecule has 0 fully saturated rings. The zero-order valence-electron chi connectivity index (χ0n) is 10.1. The van der Waals surface area contributed by atoms with Crippen molar-refractivity contribution >= 4 is 38.7 Å². The predicted octanol–water partition coefficient (Wildman–Crippen LogP) is 4.59. The SMILES string of the molecule is Brc1cccc([C@@H]2SCc3nc4ccccc4n32)c1. The van der Waals surface area contributed by atoms with Crippen LogP contribution in [0.5, 0.6) is 0 Å². The van der Waals surface area contributed by atoms with Crippen LogP contribution in [-0.2, 0) is 5.75 Å². The quantitative estimate of drug-likeness (QED) is 0.649. The summed E-state index contributed by atoms with van der Waals surface area (Å²) in [7, 11) is 0. The van der Waals surface area contributed by atoms with Crippen LogP contribution in [0.15, 0.2) is 53.0 Å². The first kappa shape index (κ1) is 11.6. The van der Waals surface area contributed by atoms with Gasteiger partial charge in [0.25, 0.3) is 0 Å². The van der Waals surface area contributed by atoms with Gasteiger partial charge in [-0.15, -0.1) is 11.8 Å². The van der Waals surface area contributed by atoms with Gasteiger partial charge in [-0.25, -0.2) is 4.98 Å². The zero-order chi connectivity index (χ0) is 12.8. The predicted molar refractivity (Wildman–Crippen MR) is 83.3 cm³/mol. The highest BCUT2D eigenvalue weighted by molar-refractivity contribution is 9.10. The van der Waals surface area contributed by atoms with Crippen LogP contribution in [0.2, 0.25) is 0 Å². The van der Waals surface area contributed by atoms with Crippen molar-refractivity contribution in [3.63, 3.8) is 0 Å². The molecule has 1 aromatic heterocycles. The third kappa shape index (κ3) is 1.82. The number of nitrogens with zero attached hydrogens (tertiary/aromatic N) is 2. The van der Waals surface area contributed by atoms with Crippen LogP contribution in [0.3, 0.4) is 0 Å². The molecule has 0 aliphatic carbocycles. The third-order valence-corrected chi connectivity index (χ3v) is 5.12. The lowest BCUT2D eigenvalue weighted by atomic mass is 10.2. The average Bonchev–Trinajstić information content (AvgIpc) is 2.97. The molecule has 19 heavy (non-hydrogen) atoms. The number of imidazole rings is 1. The van der Waals surface area contributed by atoms with Crippen LogP contribution < -0.4 is 0 Å². The van der Waals surface area contributed by atoms with Gasteiger partial charge in [-0.2, -0.15) is 0 Å². The third-order valence-electron chi connectivity index (χ3n) is 3.41. The van der Waals surface area contributed by atoms with E-state index in [9.17, 15) is 0 Å². The molecule has 2 nitrogen and oxygen atoms in total. The van der Waals surface area contributed by atoms with Crippen molar-refractivity contribution in [1.29, 1.82) is 0 Å². The number of rotatable bonds is 1. The standard InChI is InChI=1S/C15H11BrN2S/c16-11-5-3-4-10(8-11)15-18-13-7-2-1-6-12(13)17-14(18)9-19-15/h1-8,15H,9H2/t15-/m0/s1. The average molecular weight is 331 g/mol. The minimum Gasteiger partial charge on any atom is -0.310 e. The molecule has 2 heterocycles. The topological polar surface area (TPSA) is 17.8 Å². The molecule has 4 rings (SSSR count). The number of halogens is 1. The second-order valence-electron chi connectivity index (χ2n) is 4.61. The van der Waals surface area contributed by atoms with Gasteiger partial charge in [-0.05, 0) is 29.8 Å². The van der Waals surface area contributed by atoms with E-state index < -0.39 is 0 Å². The van der Waals surface area contributed by atoms with E-state index in [-0.39, 0.29) is 0 Å². The van der Waals surface area contributed by atoms with Gasteiger partial charge in [-0.1, -0.05) is 40.2 Å². The monoisotopic (exact) mass is 330 g/mol. The lowest BCUT2D eigenvalue weighted by molar-refractivity contribution is 0.793. The molecule has 0 amide bonds. The van der Waals surface area contributed by atoms with Crippen molar-refractivity contribution in [3.05, 3.63) is 64.4 Å². The van der Waals surface area contributed by atoms with Gasteiger partial charge in [-0.3, -0.25) is 0 Å². The van der Waals surface area contributed by atoms with E-state index in [4.69, 9.17) is 4.98 Å². The van der Waals surface area contributed by atoms with Crippen LogP contribution >= 0.6 is 27.7 Å². The number of para-hydroxylation sites is 2. The van der Waals surface area contributed by atoms with Crippen molar-refractivity contribution in [1.82, 2.24) is 9.55 Å². The normalized spacial score (nSPS) is 17.8. The molecule has 1 aliphatic heterocycles. The lowest BCUT2D eigenvalue weighted by Crippen LogP contribution is -2.03. The maximum Gasteiger partial charge on any atom is 0.121 e. The summed E-state index contributed by atoms with van der Waals surface area (Å²) in [4.78, 5) is 4.72. The van der Waals surface area contributed by atoms with Gasteiger partial charge in [0, 0.05) is 4.47 Å². The van der Waals surface area contributed by atoms with Crippen molar-refractivity contribution in [3.8, 4) is 0 Å². The number of hydrogen-bond donors (Lipinski definition) is 0. The molecule has 0 bridgehead atoms. The fourth-order valence-corrected chi connectivity index (χ4v) is 4.24. The van der Waals surface area contributed by atoms with Crippen LogP contribution in [0.4, 0.5) is 0 Å². The fraction of sp³-hybridized carbons (Fsp3) is 0.133. The molecule has 0 radical (unpaired) electrons. The summed E-state index contributed by atoms with van der Waals surface area (Å²) in [6, 6.07) is 16.9. The van der Waals surface area contributed by atoms with E-state index in [1.807, 2.05) is 17.8 Å². The smallest absolute Gasteiger partial charge is 0.121 e. The Labute approximate surface area is 124 Å². The molecule has 0 saturated heterocycles. The minimum absolute atomic E-state index is 0.333. The Balaban J connectivity index is 1.91. The highest BCUT2D eigenvalue weighted by Crippen LogP contribution is 2.43.